The number of amides is 3. The number of hydrogen-bond acceptors (Lipinski definition) is 3. The van der Waals surface area contributed by atoms with E-state index in [2.05, 4.69) is 0 Å². The van der Waals surface area contributed by atoms with Gasteiger partial charge in [0, 0.05) is 6.54 Å². The van der Waals surface area contributed by atoms with E-state index < -0.39 is 0 Å². The molecular formula is C15H18N2O3. The summed E-state index contributed by atoms with van der Waals surface area (Å²) in [4.78, 5) is 27.1. The summed E-state index contributed by atoms with van der Waals surface area (Å²) in [6, 6.07) is 7.34. The number of ether oxygens (including phenoxy) is 1. The summed E-state index contributed by atoms with van der Waals surface area (Å²) in [5.41, 5.74) is 1.17. The first-order valence-electron chi connectivity index (χ1n) is 6.98. The Kier molecular flexibility index (Phi) is 3.34. The number of fused-ring (bicyclic) bond motifs is 1. The van der Waals surface area contributed by atoms with E-state index in [0.29, 0.717) is 19.7 Å². The van der Waals surface area contributed by atoms with Gasteiger partial charge in [-0.05, 0) is 31.9 Å². The molecule has 2 aliphatic heterocycles. The van der Waals surface area contributed by atoms with E-state index in [1.807, 2.05) is 31.2 Å². The van der Waals surface area contributed by atoms with Gasteiger partial charge in [-0.25, -0.2) is 4.79 Å². The Bertz CT molecular complexity index is 504. The summed E-state index contributed by atoms with van der Waals surface area (Å²) < 4.78 is 5.58. The molecule has 0 bridgehead atoms. The van der Waals surface area contributed by atoms with Crippen LogP contribution in [0.15, 0.2) is 24.3 Å². The van der Waals surface area contributed by atoms with Crippen molar-refractivity contribution < 1.29 is 14.3 Å². The Labute approximate surface area is 118 Å². The quantitative estimate of drug-likeness (QED) is 0.787. The van der Waals surface area contributed by atoms with E-state index >= 15 is 0 Å². The third kappa shape index (κ3) is 2.24. The van der Waals surface area contributed by atoms with Crippen molar-refractivity contribution in [2.75, 3.05) is 19.7 Å². The fourth-order valence-electron chi connectivity index (χ4n) is 2.78. The summed E-state index contributed by atoms with van der Waals surface area (Å²) in [6.45, 7) is 3.36. The van der Waals surface area contributed by atoms with Crippen molar-refractivity contribution in [1.29, 1.82) is 0 Å². The average molecular weight is 274 g/mol. The minimum absolute atomic E-state index is 0.0694. The van der Waals surface area contributed by atoms with Gasteiger partial charge >= 0.3 is 6.03 Å². The van der Waals surface area contributed by atoms with E-state index in [1.165, 1.54) is 10.5 Å². The molecule has 0 aliphatic carbocycles. The van der Waals surface area contributed by atoms with Crippen LogP contribution in [0.4, 0.5) is 4.79 Å². The molecule has 2 saturated heterocycles. The number of urea groups is 1. The Morgan fingerprint density at radius 1 is 1.25 bits per heavy atom. The molecule has 5 heteroatoms. The first kappa shape index (κ1) is 13.0. The third-order valence-electron chi connectivity index (χ3n) is 3.89. The highest BCUT2D eigenvalue weighted by molar-refractivity contribution is 6.04. The summed E-state index contributed by atoms with van der Waals surface area (Å²) in [5, 5.41) is 0. The smallest absolute Gasteiger partial charge is 0.327 e. The molecule has 1 unspecified atom stereocenters. The van der Waals surface area contributed by atoms with Crippen LogP contribution < -0.4 is 4.74 Å². The topological polar surface area (TPSA) is 49.9 Å². The van der Waals surface area contributed by atoms with Gasteiger partial charge in [0.15, 0.2) is 0 Å². The Balaban J connectivity index is 1.55. The van der Waals surface area contributed by atoms with Crippen LogP contribution in [0.3, 0.4) is 0 Å². The predicted octanol–water partition coefficient (Wildman–Crippen LogP) is 1.80. The second-order valence-corrected chi connectivity index (χ2v) is 5.29. The standard InChI is InChI=1S/C15H18N2O3/c1-11-4-6-12(7-5-11)20-10-9-17-14(18)13-3-2-8-16(13)15(17)19/h4-7,13H,2-3,8-10H2,1H3. The Hall–Kier alpha value is -2.04. The van der Waals surface area contributed by atoms with Gasteiger partial charge in [-0.3, -0.25) is 9.69 Å². The molecular weight excluding hydrogens is 256 g/mol. The van der Waals surface area contributed by atoms with E-state index in [4.69, 9.17) is 4.74 Å². The summed E-state index contributed by atoms with van der Waals surface area (Å²) in [6.07, 6.45) is 1.72. The van der Waals surface area contributed by atoms with Crippen LogP contribution in [0.1, 0.15) is 18.4 Å². The molecule has 3 rings (SSSR count). The van der Waals surface area contributed by atoms with E-state index in [0.717, 1.165) is 18.6 Å². The van der Waals surface area contributed by atoms with Gasteiger partial charge in [0.1, 0.15) is 18.4 Å². The lowest BCUT2D eigenvalue weighted by molar-refractivity contribution is -0.128. The monoisotopic (exact) mass is 274 g/mol. The summed E-state index contributed by atoms with van der Waals surface area (Å²) in [5.74, 6) is 0.690. The van der Waals surface area contributed by atoms with Crippen molar-refractivity contribution in [2.24, 2.45) is 0 Å². The minimum atomic E-state index is -0.220. The second-order valence-electron chi connectivity index (χ2n) is 5.29. The average Bonchev–Trinajstić information content (AvgIpc) is 3.00. The number of aryl methyl sites for hydroxylation is 1. The SMILES string of the molecule is Cc1ccc(OCCN2C(=O)C3CCCN3C2=O)cc1. The maximum absolute atomic E-state index is 12.1. The molecule has 0 aromatic heterocycles. The fraction of sp³-hybridized carbons (Fsp3) is 0.467. The lowest BCUT2D eigenvalue weighted by atomic mass is 10.2. The number of carbonyl (C=O) groups excluding carboxylic acids is 2. The maximum Gasteiger partial charge on any atom is 0.327 e. The van der Waals surface area contributed by atoms with Gasteiger partial charge in [-0.2, -0.15) is 0 Å². The van der Waals surface area contributed by atoms with Gasteiger partial charge < -0.3 is 9.64 Å². The first-order chi connectivity index (χ1) is 9.66. The van der Waals surface area contributed by atoms with Crippen molar-refractivity contribution in [3.63, 3.8) is 0 Å². The highest BCUT2D eigenvalue weighted by atomic mass is 16.5. The molecule has 0 N–H and O–H groups in total. The van der Waals surface area contributed by atoms with Crippen molar-refractivity contribution in [1.82, 2.24) is 9.80 Å². The third-order valence-corrected chi connectivity index (χ3v) is 3.89. The molecule has 2 aliphatic rings. The Morgan fingerprint density at radius 3 is 2.70 bits per heavy atom. The number of benzene rings is 1. The molecule has 2 heterocycles. The lowest BCUT2D eigenvalue weighted by Gasteiger charge is -2.15. The molecule has 1 aromatic carbocycles. The number of imide groups is 1. The maximum atomic E-state index is 12.1. The number of nitrogens with zero attached hydrogens (tertiary/aromatic N) is 2. The summed E-state index contributed by atoms with van der Waals surface area (Å²) >= 11 is 0. The van der Waals surface area contributed by atoms with Crippen LogP contribution >= 0.6 is 0 Å². The zero-order valence-corrected chi connectivity index (χ0v) is 11.5. The summed E-state index contributed by atoms with van der Waals surface area (Å²) in [7, 11) is 0. The van der Waals surface area contributed by atoms with Crippen molar-refractivity contribution in [3.8, 4) is 5.75 Å². The molecule has 3 amide bonds. The molecule has 1 aromatic rings. The van der Waals surface area contributed by atoms with Gasteiger partial charge in [0.25, 0.3) is 5.91 Å². The predicted molar refractivity (Wildman–Crippen MR) is 73.5 cm³/mol. The first-order valence-corrected chi connectivity index (χ1v) is 6.98. The zero-order chi connectivity index (χ0) is 14.1. The van der Waals surface area contributed by atoms with Crippen LogP contribution in [0, 0.1) is 6.92 Å². The number of rotatable bonds is 4. The number of carbonyl (C=O) groups is 2. The van der Waals surface area contributed by atoms with E-state index in [9.17, 15) is 9.59 Å². The number of hydrogen-bond donors (Lipinski definition) is 0. The van der Waals surface area contributed by atoms with Crippen LogP contribution in [-0.2, 0) is 4.79 Å². The zero-order valence-electron chi connectivity index (χ0n) is 11.5. The second kappa shape index (κ2) is 5.15. The van der Waals surface area contributed by atoms with Gasteiger partial charge in [-0.15, -0.1) is 0 Å². The van der Waals surface area contributed by atoms with Crippen LogP contribution in [0.2, 0.25) is 0 Å². The molecule has 1 atom stereocenters. The molecule has 106 valence electrons. The van der Waals surface area contributed by atoms with E-state index in [-0.39, 0.29) is 18.0 Å². The Morgan fingerprint density at radius 2 is 2.00 bits per heavy atom. The molecule has 2 fully saturated rings. The highest BCUT2D eigenvalue weighted by Crippen LogP contribution is 2.27. The van der Waals surface area contributed by atoms with Gasteiger partial charge in [0.2, 0.25) is 0 Å². The highest BCUT2D eigenvalue weighted by Gasteiger charge is 2.46. The molecule has 0 radical (unpaired) electrons. The van der Waals surface area contributed by atoms with Crippen molar-refractivity contribution in [3.05, 3.63) is 29.8 Å². The molecule has 5 nitrogen and oxygen atoms in total. The lowest BCUT2D eigenvalue weighted by Crippen LogP contribution is -2.36. The van der Waals surface area contributed by atoms with Crippen LogP contribution in [0.5, 0.6) is 5.75 Å². The minimum Gasteiger partial charge on any atom is -0.492 e. The largest absolute Gasteiger partial charge is 0.492 e. The van der Waals surface area contributed by atoms with Crippen molar-refractivity contribution in [2.45, 2.75) is 25.8 Å². The molecule has 20 heavy (non-hydrogen) atoms. The molecule has 0 saturated carbocycles. The van der Waals surface area contributed by atoms with Gasteiger partial charge in [0.05, 0.1) is 6.54 Å². The van der Waals surface area contributed by atoms with Gasteiger partial charge in [-0.1, -0.05) is 17.7 Å². The van der Waals surface area contributed by atoms with Crippen LogP contribution in [0.25, 0.3) is 0 Å². The fourth-order valence-corrected chi connectivity index (χ4v) is 2.78. The van der Waals surface area contributed by atoms with E-state index in [1.54, 1.807) is 4.90 Å². The van der Waals surface area contributed by atoms with Crippen LogP contribution in [-0.4, -0.2) is 47.5 Å². The molecule has 0 spiro atoms. The van der Waals surface area contributed by atoms with Crippen molar-refractivity contribution >= 4 is 11.9 Å². The normalized spacial score (nSPS) is 21.6.